The lowest BCUT2D eigenvalue weighted by Crippen LogP contribution is -2.24. The number of carbonyl (C=O) groups is 1. The topological polar surface area (TPSA) is 41.1 Å². The van der Waals surface area contributed by atoms with Crippen molar-refractivity contribution in [3.05, 3.63) is 34.3 Å². The molecule has 1 atom stereocenters. The standard InChI is InChI=1S/C11H13BrN2O/c12-9-4-2-1-3-8(9)10-7-11(15)14-6-5-13-10/h1-4,10,13H,5-7H2,(H,14,15). The van der Waals surface area contributed by atoms with Crippen molar-refractivity contribution in [3.63, 3.8) is 0 Å². The average Bonchev–Trinajstić information content (AvgIpc) is 2.43. The van der Waals surface area contributed by atoms with Crippen molar-refractivity contribution in [1.29, 1.82) is 0 Å². The average molecular weight is 269 g/mol. The Bertz CT molecular complexity index is 367. The Morgan fingerprint density at radius 3 is 2.87 bits per heavy atom. The smallest absolute Gasteiger partial charge is 0.221 e. The van der Waals surface area contributed by atoms with Crippen molar-refractivity contribution in [3.8, 4) is 0 Å². The van der Waals surface area contributed by atoms with Crippen LogP contribution in [0, 0.1) is 0 Å². The molecule has 1 heterocycles. The molecule has 0 spiro atoms. The molecule has 1 saturated heterocycles. The molecule has 1 fully saturated rings. The van der Waals surface area contributed by atoms with E-state index in [9.17, 15) is 4.79 Å². The third-order valence-corrected chi connectivity index (χ3v) is 3.23. The largest absolute Gasteiger partial charge is 0.355 e. The summed E-state index contributed by atoms with van der Waals surface area (Å²) in [4.78, 5) is 11.4. The van der Waals surface area contributed by atoms with E-state index in [0.29, 0.717) is 13.0 Å². The van der Waals surface area contributed by atoms with Gasteiger partial charge in [-0.05, 0) is 11.6 Å². The fourth-order valence-electron chi connectivity index (χ4n) is 1.76. The van der Waals surface area contributed by atoms with Gasteiger partial charge in [0.15, 0.2) is 0 Å². The fraction of sp³-hybridized carbons (Fsp3) is 0.364. The van der Waals surface area contributed by atoms with Crippen molar-refractivity contribution >= 4 is 21.8 Å². The first-order chi connectivity index (χ1) is 7.27. The first-order valence-corrected chi connectivity index (χ1v) is 5.81. The van der Waals surface area contributed by atoms with E-state index in [0.717, 1.165) is 16.6 Å². The zero-order valence-corrected chi connectivity index (χ0v) is 9.88. The SMILES string of the molecule is O=C1CC(c2ccccc2Br)NCCN1. The van der Waals surface area contributed by atoms with Crippen LogP contribution in [-0.2, 0) is 4.79 Å². The highest BCUT2D eigenvalue weighted by molar-refractivity contribution is 9.10. The molecule has 15 heavy (non-hydrogen) atoms. The summed E-state index contributed by atoms with van der Waals surface area (Å²) in [6, 6.07) is 8.12. The number of halogens is 1. The van der Waals surface area contributed by atoms with E-state index >= 15 is 0 Å². The molecule has 1 aliphatic rings. The first-order valence-electron chi connectivity index (χ1n) is 5.02. The van der Waals surface area contributed by atoms with Gasteiger partial charge in [-0.1, -0.05) is 34.1 Å². The van der Waals surface area contributed by atoms with Crippen LogP contribution in [0.5, 0.6) is 0 Å². The molecule has 0 bridgehead atoms. The van der Waals surface area contributed by atoms with Crippen LogP contribution in [0.15, 0.2) is 28.7 Å². The minimum absolute atomic E-state index is 0.112. The van der Waals surface area contributed by atoms with Gasteiger partial charge in [0.2, 0.25) is 5.91 Å². The Morgan fingerprint density at radius 2 is 2.07 bits per heavy atom. The quantitative estimate of drug-likeness (QED) is 0.813. The molecular formula is C11H13BrN2O. The molecule has 1 unspecified atom stereocenters. The maximum absolute atomic E-state index is 11.4. The van der Waals surface area contributed by atoms with E-state index in [1.165, 1.54) is 0 Å². The van der Waals surface area contributed by atoms with E-state index in [-0.39, 0.29) is 11.9 Å². The lowest BCUT2D eigenvalue weighted by atomic mass is 10.0. The summed E-state index contributed by atoms with van der Waals surface area (Å²) in [6.45, 7) is 1.53. The Morgan fingerprint density at radius 1 is 1.27 bits per heavy atom. The van der Waals surface area contributed by atoms with E-state index in [1.807, 2.05) is 24.3 Å². The minimum atomic E-state index is 0.112. The van der Waals surface area contributed by atoms with Crippen LogP contribution in [0.3, 0.4) is 0 Å². The van der Waals surface area contributed by atoms with Gasteiger partial charge in [0.1, 0.15) is 0 Å². The molecule has 0 aromatic heterocycles. The summed E-state index contributed by atoms with van der Waals surface area (Å²) in [5.74, 6) is 0.112. The molecular weight excluding hydrogens is 256 g/mol. The summed E-state index contributed by atoms with van der Waals surface area (Å²) in [5, 5.41) is 6.20. The summed E-state index contributed by atoms with van der Waals surface area (Å²) in [6.07, 6.45) is 0.503. The van der Waals surface area contributed by atoms with Gasteiger partial charge in [-0.3, -0.25) is 4.79 Å². The number of hydrogen-bond acceptors (Lipinski definition) is 2. The molecule has 3 nitrogen and oxygen atoms in total. The number of nitrogens with one attached hydrogen (secondary N) is 2. The summed E-state index contributed by atoms with van der Waals surface area (Å²) in [7, 11) is 0. The van der Waals surface area contributed by atoms with Gasteiger partial charge in [0.05, 0.1) is 0 Å². The van der Waals surface area contributed by atoms with E-state index in [2.05, 4.69) is 26.6 Å². The van der Waals surface area contributed by atoms with Crippen LogP contribution >= 0.6 is 15.9 Å². The second-order valence-corrected chi connectivity index (χ2v) is 4.44. The highest BCUT2D eigenvalue weighted by Crippen LogP contribution is 2.25. The molecule has 1 aliphatic heterocycles. The molecule has 0 radical (unpaired) electrons. The molecule has 0 aliphatic carbocycles. The molecule has 1 amide bonds. The predicted octanol–water partition coefficient (Wildman–Crippen LogP) is 1.60. The third kappa shape index (κ3) is 2.58. The van der Waals surface area contributed by atoms with Gasteiger partial charge in [0, 0.05) is 30.0 Å². The Kier molecular flexibility index (Phi) is 3.38. The van der Waals surface area contributed by atoms with Crippen molar-refractivity contribution < 1.29 is 4.79 Å². The number of rotatable bonds is 1. The Balaban J connectivity index is 2.22. The zero-order chi connectivity index (χ0) is 10.7. The maximum atomic E-state index is 11.4. The zero-order valence-electron chi connectivity index (χ0n) is 8.29. The highest BCUT2D eigenvalue weighted by Gasteiger charge is 2.19. The summed E-state index contributed by atoms with van der Waals surface area (Å²) >= 11 is 3.51. The van der Waals surface area contributed by atoms with Crippen LogP contribution in [0.1, 0.15) is 18.0 Å². The van der Waals surface area contributed by atoms with Gasteiger partial charge in [-0.15, -0.1) is 0 Å². The highest BCUT2D eigenvalue weighted by atomic mass is 79.9. The van der Waals surface area contributed by atoms with Crippen molar-refractivity contribution in [2.75, 3.05) is 13.1 Å². The Labute approximate surface area is 97.4 Å². The number of benzene rings is 1. The predicted molar refractivity (Wildman–Crippen MR) is 62.5 cm³/mol. The number of amides is 1. The van der Waals surface area contributed by atoms with Crippen molar-refractivity contribution in [2.24, 2.45) is 0 Å². The normalized spacial score (nSPS) is 21.9. The van der Waals surface area contributed by atoms with Crippen LogP contribution < -0.4 is 10.6 Å². The lowest BCUT2D eigenvalue weighted by Gasteiger charge is -2.16. The molecule has 1 aromatic rings. The third-order valence-electron chi connectivity index (χ3n) is 2.51. The summed E-state index contributed by atoms with van der Waals surface area (Å²) < 4.78 is 1.05. The molecule has 4 heteroatoms. The van der Waals surface area contributed by atoms with Gasteiger partial charge < -0.3 is 10.6 Å². The van der Waals surface area contributed by atoms with Crippen LogP contribution in [-0.4, -0.2) is 19.0 Å². The summed E-state index contributed by atoms with van der Waals surface area (Å²) in [5.41, 5.74) is 1.15. The second kappa shape index (κ2) is 4.77. The molecule has 2 N–H and O–H groups in total. The molecule has 80 valence electrons. The number of carbonyl (C=O) groups excluding carboxylic acids is 1. The van der Waals surface area contributed by atoms with Crippen LogP contribution in [0.4, 0.5) is 0 Å². The molecule has 2 rings (SSSR count). The van der Waals surface area contributed by atoms with E-state index in [4.69, 9.17) is 0 Å². The van der Waals surface area contributed by atoms with Crippen LogP contribution in [0.2, 0.25) is 0 Å². The van der Waals surface area contributed by atoms with Crippen LogP contribution in [0.25, 0.3) is 0 Å². The van der Waals surface area contributed by atoms with Gasteiger partial charge in [-0.2, -0.15) is 0 Å². The second-order valence-electron chi connectivity index (χ2n) is 3.58. The molecule has 0 saturated carbocycles. The minimum Gasteiger partial charge on any atom is -0.355 e. The lowest BCUT2D eigenvalue weighted by molar-refractivity contribution is -0.121. The fourth-order valence-corrected chi connectivity index (χ4v) is 2.32. The van der Waals surface area contributed by atoms with Crippen molar-refractivity contribution in [2.45, 2.75) is 12.5 Å². The van der Waals surface area contributed by atoms with Gasteiger partial charge in [0.25, 0.3) is 0 Å². The van der Waals surface area contributed by atoms with Gasteiger partial charge in [-0.25, -0.2) is 0 Å². The Hall–Kier alpha value is -0.870. The maximum Gasteiger partial charge on any atom is 0.221 e. The van der Waals surface area contributed by atoms with Crippen molar-refractivity contribution in [1.82, 2.24) is 10.6 Å². The van der Waals surface area contributed by atoms with E-state index in [1.54, 1.807) is 0 Å². The van der Waals surface area contributed by atoms with E-state index < -0.39 is 0 Å². The molecule has 1 aromatic carbocycles. The first kappa shape index (κ1) is 10.6. The number of hydrogen-bond donors (Lipinski definition) is 2. The monoisotopic (exact) mass is 268 g/mol. The van der Waals surface area contributed by atoms with Gasteiger partial charge >= 0.3 is 0 Å².